The molecule has 2 aromatic heterocycles. The van der Waals surface area contributed by atoms with Gasteiger partial charge in [-0.05, 0) is 25.5 Å². The van der Waals surface area contributed by atoms with Crippen LogP contribution in [0.2, 0.25) is 0 Å². The number of carbonyl (C=O) groups excluding carboxylic acids is 1. The van der Waals surface area contributed by atoms with Crippen LogP contribution in [0.3, 0.4) is 0 Å². The molecule has 0 radical (unpaired) electrons. The average molecular weight is 336 g/mol. The molecule has 0 saturated heterocycles. The predicted octanol–water partition coefficient (Wildman–Crippen LogP) is 3.01. The Morgan fingerprint density at radius 2 is 2.22 bits per heavy atom. The molecule has 0 aliphatic carbocycles. The molecule has 2 heterocycles. The number of nitrogens with one attached hydrogen (secondary N) is 1. The number of carbonyl (C=O) groups is 2. The van der Waals surface area contributed by atoms with Crippen LogP contribution in [0.1, 0.15) is 37.6 Å². The number of rotatable bonds is 8. The minimum absolute atomic E-state index is 0.0616. The summed E-state index contributed by atoms with van der Waals surface area (Å²) in [6.07, 6.45) is 2.14. The molecule has 1 atom stereocenters. The van der Waals surface area contributed by atoms with E-state index in [1.165, 1.54) is 11.3 Å². The molecule has 0 aliphatic rings. The minimum atomic E-state index is -1.00. The van der Waals surface area contributed by atoms with Crippen LogP contribution in [0, 0.1) is 6.92 Å². The number of amides is 1. The Balaban J connectivity index is 1.95. The Bertz CT molecular complexity index is 677. The molecule has 23 heavy (non-hydrogen) atoms. The third kappa shape index (κ3) is 4.92. The number of unbranched alkanes of at least 4 members (excludes halogenated alkanes) is 1. The van der Waals surface area contributed by atoms with E-state index in [0.29, 0.717) is 22.9 Å². The number of nitrogens with zero attached hydrogens (tertiary/aromatic N) is 1. The summed E-state index contributed by atoms with van der Waals surface area (Å²) in [5.41, 5.74) is 0.608. The van der Waals surface area contributed by atoms with Gasteiger partial charge in [0.1, 0.15) is 11.8 Å². The zero-order chi connectivity index (χ0) is 16.8. The monoisotopic (exact) mass is 336 g/mol. The first-order chi connectivity index (χ1) is 11.0. The maximum atomic E-state index is 12.0. The lowest BCUT2D eigenvalue weighted by Crippen LogP contribution is -2.41. The lowest BCUT2D eigenvalue weighted by atomic mass is 10.1. The number of carboxylic acids is 1. The fourth-order valence-corrected chi connectivity index (χ4v) is 2.91. The molecule has 0 aromatic carbocycles. The summed E-state index contributed by atoms with van der Waals surface area (Å²) in [6, 6.07) is 2.85. The molecule has 0 fully saturated rings. The molecule has 0 bridgehead atoms. The van der Waals surface area contributed by atoms with Gasteiger partial charge in [-0.2, -0.15) is 0 Å². The molecule has 6 nitrogen and oxygen atoms in total. The van der Waals surface area contributed by atoms with Crippen LogP contribution in [0.15, 0.2) is 21.9 Å². The van der Waals surface area contributed by atoms with E-state index in [9.17, 15) is 9.59 Å². The molecule has 2 rings (SSSR count). The number of furan rings is 1. The van der Waals surface area contributed by atoms with Gasteiger partial charge >= 0.3 is 5.97 Å². The first kappa shape index (κ1) is 17.2. The van der Waals surface area contributed by atoms with Crippen molar-refractivity contribution < 1.29 is 19.1 Å². The standard InChI is InChI=1S/C16H20N2O4S/c1-3-4-5-12(16(20)21)18-14(19)8-11-9-23-15(17-11)13-7-6-10(2)22-13/h6-7,9,12H,3-5,8H2,1-2H3,(H,18,19)(H,20,21)/t12-/m0/s1. The highest BCUT2D eigenvalue weighted by Gasteiger charge is 2.20. The van der Waals surface area contributed by atoms with Crippen molar-refractivity contribution in [2.45, 2.75) is 45.6 Å². The van der Waals surface area contributed by atoms with Crippen LogP contribution in [0.25, 0.3) is 10.8 Å². The van der Waals surface area contributed by atoms with E-state index in [4.69, 9.17) is 9.52 Å². The van der Waals surface area contributed by atoms with Gasteiger partial charge in [0.25, 0.3) is 0 Å². The predicted molar refractivity (Wildman–Crippen MR) is 87.3 cm³/mol. The van der Waals surface area contributed by atoms with Gasteiger partial charge in [-0.3, -0.25) is 4.79 Å². The summed E-state index contributed by atoms with van der Waals surface area (Å²) < 4.78 is 5.50. The van der Waals surface area contributed by atoms with Gasteiger partial charge in [0.15, 0.2) is 10.8 Å². The zero-order valence-corrected chi connectivity index (χ0v) is 14.0. The number of aromatic nitrogens is 1. The molecular weight excluding hydrogens is 316 g/mol. The molecule has 7 heteroatoms. The lowest BCUT2D eigenvalue weighted by molar-refractivity contribution is -0.142. The van der Waals surface area contributed by atoms with Crippen LogP contribution in [0.4, 0.5) is 0 Å². The highest BCUT2D eigenvalue weighted by Crippen LogP contribution is 2.25. The minimum Gasteiger partial charge on any atom is -0.480 e. The van der Waals surface area contributed by atoms with Crippen LogP contribution in [0.5, 0.6) is 0 Å². The van der Waals surface area contributed by atoms with E-state index < -0.39 is 12.0 Å². The summed E-state index contributed by atoms with van der Waals surface area (Å²) in [7, 11) is 0. The largest absolute Gasteiger partial charge is 0.480 e. The van der Waals surface area contributed by atoms with Crippen LogP contribution in [-0.2, 0) is 16.0 Å². The lowest BCUT2D eigenvalue weighted by Gasteiger charge is -2.13. The van der Waals surface area contributed by atoms with E-state index in [0.717, 1.165) is 18.6 Å². The maximum absolute atomic E-state index is 12.0. The van der Waals surface area contributed by atoms with Crippen molar-refractivity contribution in [3.63, 3.8) is 0 Å². The van der Waals surface area contributed by atoms with Crippen molar-refractivity contribution in [3.05, 3.63) is 29.0 Å². The highest BCUT2D eigenvalue weighted by molar-refractivity contribution is 7.13. The summed E-state index contributed by atoms with van der Waals surface area (Å²) in [5, 5.41) is 14.2. The summed E-state index contributed by atoms with van der Waals surface area (Å²) in [6.45, 7) is 3.84. The second kappa shape index (κ2) is 7.92. The summed E-state index contributed by atoms with van der Waals surface area (Å²) >= 11 is 1.40. The maximum Gasteiger partial charge on any atom is 0.326 e. The number of aryl methyl sites for hydroxylation is 1. The normalized spacial score (nSPS) is 12.1. The van der Waals surface area contributed by atoms with Gasteiger partial charge < -0.3 is 14.8 Å². The van der Waals surface area contributed by atoms with Gasteiger partial charge in [0.05, 0.1) is 12.1 Å². The molecule has 1 amide bonds. The van der Waals surface area contributed by atoms with Crippen molar-refractivity contribution in [2.24, 2.45) is 0 Å². The SMILES string of the molecule is CCCC[C@H](NC(=O)Cc1csc(-c2ccc(C)o2)n1)C(=O)O. The smallest absolute Gasteiger partial charge is 0.326 e. The molecule has 2 aromatic rings. The Morgan fingerprint density at radius 1 is 1.43 bits per heavy atom. The van der Waals surface area contributed by atoms with Crippen molar-refractivity contribution in [2.75, 3.05) is 0 Å². The first-order valence-electron chi connectivity index (χ1n) is 7.53. The van der Waals surface area contributed by atoms with Crippen LogP contribution >= 0.6 is 11.3 Å². The number of thiazole rings is 1. The average Bonchev–Trinajstić information content (AvgIpc) is 3.12. The van der Waals surface area contributed by atoms with Crippen molar-refractivity contribution in [3.8, 4) is 10.8 Å². The summed E-state index contributed by atoms with van der Waals surface area (Å²) in [4.78, 5) is 27.5. The fourth-order valence-electron chi connectivity index (χ4n) is 2.13. The second-order valence-corrected chi connectivity index (χ2v) is 6.19. The number of carboxylic acid groups (broad SMARTS) is 1. The quantitative estimate of drug-likeness (QED) is 0.773. The zero-order valence-electron chi connectivity index (χ0n) is 13.2. The third-order valence-electron chi connectivity index (χ3n) is 3.32. The molecule has 0 spiro atoms. The fraction of sp³-hybridized carbons (Fsp3) is 0.438. The van der Waals surface area contributed by atoms with E-state index in [2.05, 4.69) is 10.3 Å². The van der Waals surface area contributed by atoms with Gasteiger partial charge in [-0.1, -0.05) is 19.8 Å². The van der Waals surface area contributed by atoms with Crippen molar-refractivity contribution >= 4 is 23.2 Å². The van der Waals surface area contributed by atoms with E-state index in [-0.39, 0.29) is 12.3 Å². The van der Waals surface area contributed by atoms with Gasteiger partial charge in [-0.25, -0.2) is 9.78 Å². The van der Waals surface area contributed by atoms with Gasteiger partial charge in [0.2, 0.25) is 5.91 Å². The van der Waals surface area contributed by atoms with E-state index in [1.807, 2.05) is 26.0 Å². The summed E-state index contributed by atoms with van der Waals surface area (Å²) in [5.74, 6) is 0.137. The molecule has 0 saturated carbocycles. The Labute approximate surface area is 138 Å². The Kier molecular flexibility index (Phi) is 5.92. The molecule has 0 aliphatic heterocycles. The van der Waals surface area contributed by atoms with Gasteiger partial charge in [-0.15, -0.1) is 11.3 Å². The molecule has 124 valence electrons. The van der Waals surface area contributed by atoms with E-state index in [1.54, 1.807) is 5.38 Å². The molecule has 0 unspecified atom stereocenters. The highest BCUT2D eigenvalue weighted by atomic mass is 32.1. The van der Waals surface area contributed by atoms with Crippen LogP contribution in [-0.4, -0.2) is 28.0 Å². The topological polar surface area (TPSA) is 92.4 Å². The number of hydrogen-bond donors (Lipinski definition) is 2. The van der Waals surface area contributed by atoms with E-state index >= 15 is 0 Å². The molecular formula is C16H20N2O4S. The Morgan fingerprint density at radius 3 is 2.83 bits per heavy atom. The first-order valence-corrected chi connectivity index (χ1v) is 8.41. The van der Waals surface area contributed by atoms with Crippen molar-refractivity contribution in [1.29, 1.82) is 0 Å². The second-order valence-electron chi connectivity index (χ2n) is 5.33. The van der Waals surface area contributed by atoms with Crippen LogP contribution < -0.4 is 5.32 Å². The van der Waals surface area contributed by atoms with Crippen molar-refractivity contribution in [1.82, 2.24) is 10.3 Å². The molecule has 2 N–H and O–H groups in total. The Hall–Kier alpha value is -2.15. The number of aliphatic carboxylic acids is 1. The third-order valence-corrected chi connectivity index (χ3v) is 4.23. The number of hydrogen-bond acceptors (Lipinski definition) is 5. The van der Waals surface area contributed by atoms with Gasteiger partial charge in [0, 0.05) is 5.38 Å².